The number of urea groups is 1. The molecule has 6 heteroatoms. The number of amides is 4. The van der Waals surface area contributed by atoms with Gasteiger partial charge in [-0.1, -0.05) is 57.0 Å². The van der Waals surface area contributed by atoms with Crippen LogP contribution in [0.3, 0.4) is 0 Å². The van der Waals surface area contributed by atoms with Crippen LogP contribution in [0.4, 0.5) is 4.79 Å². The average molecular weight is 371 g/mol. The average Bonchev–Trinajstić information content (AvgIpc) is 2.92. The zero-order valence-electron chi connectivity index (χ0n) is 16.2. The van der Waals surface area contributed by atoms with Gasteiger partial charge in [0, 0.05) is 13.1 Å². The summed E-state index contributed by atoms with van der Waals surface area (Å²) in [6.45, 7) is 5.45. The van der Waals surface area contributed by atoms with Crippen LogP contribution in [0.1, 0.15) is 51.5 Å². The number of nitrogens with one attached hydrogen (secondary N) is 1. The number of hydrogen-bond acceptors (Lipinski definition) is 3. The van der Waals surface area contributed by atoms with Gasteiger partial charge in [-0.25, -0.2) is 4.79 Å². The van der Waals surface area contributed by atoms with Gasteiger partial charge in [-0.2, -0.15) is 0 Å². The van der Waals surface area contributed by atoms with E-state index in [4.69, 9.17) is 0 Å². The molecule has 1 aromatic rings. The third-order valence-corrected chi connectivity index (χ3v) is 5.78. The van der Waals surface area contributed by atoms with Crippen LogP contribution in [-0.4, -0.2) is 47.3 Å². The highest BCUT2D eigenvalue weighted by atomic mass is 16.2. The summed E-state index contributed by atoms with van der Waals surface area (Å²) in [6, 6.07) is 8.88. The van der Waals surface area contributed by atoms with Gasteiger partial charge >= 0.3 is 6.03 Å². The first-order valence-corrected chi connectivity index (χ1v) is 9.95. The zero-order valence-corrected chi connectivity index (χ0v) is 16.2. The van der Waals surface area contributed by atoms with Crippen molar-refractivity contribution in [3.63, 3.8) is 0 Å². The van der Waals surface area contributed by atoms with Crippen LogP contribution in [0.2, 0.25) is 0 Å². The van der Waals surface area contributed by atoms with Gasteiger partial charge in [-0.3, -0.25) is 14.5 Å². The van der Waals surface area contributed by atoms with Crippen molar-refractivity contribution in [2.24, 2.45) is 5.92 Å². The Labute approximate surface area is 160 Å². The second-order valence-corrected chi connectivity index (χ2v) is 7.76. The van der Waals surface area contributed by atoms with Crippen molar-refractivity contribution in [1.82, 2.24) is 15.1 Å². The number of carbonyl (C=O) groups excluding carboxylic acids is 3. The lowest BCUT2D eigenvalue weighted by molar-refractivity contribution is -0.140. The van der Waals surface area contributed by atoms with Crippen LogP contribution >= 0.6 is 0 Å². The molecule has 1 N–H and O–H groups in total. The maximum absolute atomic E-state index is 13.3. The molecule has 0 aliphatic carbocycles. The predicted molar refractivity (Wildman–Crippen MR) is 103 cm³/mol. The third-order valence-electron chi connectivity index (χ3n) is 5.78. The number of rotatable bonds is 6. The van der Waals surface area contributed by atoms with E-state index in [1.165, 1.54) is 0 Å². The topological polar surface area (TPSA) is 69.7 Å². The molecule has 1 atom stereocenters. The number of carbonyl (C=O) groups is 3. The number of benzene rings is 1. The third kappa shape index (κ3) is 3.84. The van der Waals surface area contributed by atoms with Crippen molar-refractivity contribution in [2.75, 3.05) is 19.6 Å². The summed E-state index contributed by atoms with van der Waals surface area (Å²) < 4.78 is 0. The number of unbranched alkanes of at least 4 members (excludes halogenated alkanes) is 1. The minimum absolute atomic E-state index is 0.148. The van der Waals surface area contributed by atoms with Gasteiger partial charge in [0.25, 0.3) is 5.91 Å². The van der Waals surface area contributed by atoms with E-state index in [2.05, 4.69) is 19.2 Å². The molecule has 0 spiro atoms. The highest BCUT2D eigenvalue weighted by molar-refractivity contribution is 6.09. The van der Waals surface area contributed by atoms with Crippen LogP contribution in [0, 0.1) is 5.92 Å². The van der Waals surface area contributed by atoms with Crippen molar-refractivity contribution >= 4 is 17.8 Å². The lowest BCUT2D eigenvalue weighted by Gasteiger charge is -2.31. The molecule has 146 valence electrons. The quantitative estimate of drug-likeness (QED) is 0.782. The Morgan fingerprint density at radius 3 is 2.48 bits per heavy atom. The summed E-state index contributed by atoms with van der Waals surface area (Å²) in [5.74, 6) is 0.154. The Morgan fingerprint density at radius 2 is 1.85 bits per heavy atom. The highest BCUT2D eigenvalue weighted by Crippen LogP contribution is 2.34. The molecule has 27 heavy (non-hydrogen) atoms. The summed E-state index contributed by atoms with van der Waals surface area (Å²) in [5.41, 5.74) is -0.288. The largest absolute Gasteiger partial charge is 0.341 e. The van der Waals surface area contributed by atoms with Crippen molar-refractivity contribution in [3.8, 4) is 0 Å². The second kappa shape index (κ2) is 8.11. The molecule has 4 amide bonds. The molecule has 2 aliphatic heterocycles. The Bertz CT molecular complexity index is 698. The molecular weight excluding hydrogens is 342 g/mol. The van der Waals surface area contributed by atoms with Gasteiger partial charge in [0.15, 0.2) is 0 Å². The number of nitrogens with zero attached hydrogens (tertiary/aromatic N) is 2. The molecule has 1 aromatic carbocycles. The van der Waals surface area contributed by atoms with E-state index in [1.807, 2.05) is 30.3 Å². The smallest absolute Gasteiger partial charge is 0.325 e. The van der Waals surface area contributed by atoms with E-state index in [0.717, 1.165) is 36.1 Å². The minimum atomic E-state index is -1.06. The van der Waals surface area contributed by atoms with Crippen LogP contribution in [0.5, 0.6) is 0 Å². The van der Waals surface area contributed by atoms with Gasteiger partial charge in [0.1, 0.15) is 12.1 Å². The maximum Gasteiger partial charge on any atom is 0.325 e. The fourth-order valence-corrected chi connectivity index (χ4v) is 3.94. The Hall–Kier alpha value is -2.37. The second-order valence-electron chi connectivity index (χ2n) is 7.76. The van der Waals surface area contributed by atoms with Crippen LogP contribution in [-0.2, 0) is 15.1 Å². The molecule has 3 rings (SSSR count). The number of hydrogen-bond donors (Lipinski definition) is 1. The van der Waals surface area contributed by atoms with E-state index in [9.17, 15) is 14.4 Å². The Morgan fingerprint density at radius 1 is 1.19 bits per heavy atom. The standard InChI is InChI=1S/C21H29N3O3/c1-3-4-12-21(17-8-6-5-7-9-17)19(26)24(20(27)22-21)15-18(25)23-13-10-16(2)11-14-23/h5-9,16H,3-4,10-15H2,1-2H3,(H,22,27). The Balaban J connectivity index is 1.78. The van der Waals surface area contributed by atoms with E-state index in [1.54, 1.807) is 4.90 Å². The van der Waals surface area contributed by atoms with E-state index in [0.29, 0.717) is 25.4 Å². The van der Waals surface area contributed by atoms with Gasteiger partial charge in [-0.05, 0) is 30.7 Å². The lowest BCUT2D eigenvalue weighted by atomic mass is 9.85. The fourth-order valence-electron chi connectivity index (χ4n) is 3.94. The molecule has 1 unspecified atom stereocenters. The zero-order chi connectivity index (χ0) is 19.4. The molecular formula is C21H29N3O3. The first kappa shape index (κ1) is 19.4. The minimum Gasteiger partial charge on any atom is -0.341 e. The van der Waals surface area contributed by atoms with Crippen LogP contribution < -0.4 is 5.32 Å². The van der Waals surface area contributed by atoms with E-state index < -0.39 is 11.6 Å². The van der Waals surface area contributed by atoms with Crippen molar-refractivity contribution in [3.05, 3.63) is 35.9 Å². The monoisotopic (exact) mass is 371 g/mol. The summed E-state index contributed by atoms with van der Waals surface area (Å²) in [4.78, 5) is 41.5. The van der Waals surface area contributed by atoms with Crippen LogP contribution in [0.15, 0.2) is 30.3 Å². The number of piperidine rings is 1. The summed E-state index contributed by atoms with van der Waals surface area (Å²) in [5, 5.41) is 2.90. The molecule has 2 heterocycles. The molecule has 0 radical (unpaired) electrons. The molecule has 6 nitrogen and oxygen atoms in total. The number of likely N-dealkylation sites (tertiary alicyclic amines) is 1. The molecule has 2 saturated heterocycles. The normalized spacial score (nSPS) is 23.6. The predicted octanol–water partition coefficient (Wildman–Crippen LogP) is 2.88. The SMILES string of the molecule is CCCCC1(c2ccccc2)NC(=O)N(CC(=O)N2CCC(C)CC2)C1=O. The van der Waals surface area contributed by atoms with E-state index in [-0.39, 0.29) is 18.4 Å². The molecule has 2 aliphatic rings. The molecule has 0 saturated carbocycles. The summed E-state index contributed by atoms with van der Waals surface area (Å²) in [7, 11) is 0. The van der Waals surface area contributed by atoms with Crippen molar-refractivity contribution < 1.29 is 14.4 Å². The molecule has 0 aromatic heterocycles. The van der Waals surface area contributed by atoms with Gasteiger partial charge < -0.3 is 10.2 Å². The summed E-state index contributed by atoms with van der Waals surface area (Å²) in [6.07, 6.45) is 4.20. The van der Waals surface area contributed by atoms with Crippen molar-refractivity contribution in [1.29, 1.82) is 0 Å². The maximum atomic E-state index is 13.3. The molecule has 0 bridgehead atoms. The fraction of sp³-hybridized carbons (Fsp3) is 0.571. The van der Waals surface area contributed by atoms with Crippen LogP contribution in [0.25, 0.3) is 0 Å². The molecule has 2 fully saturated rings. The number of imide groups is 1. The van der Waals surface area contributed by atoms with Gasteiger partial charge in [0.05, 0.1) is 0 Å². The van der Waals surface area contributed by atoms with Gasteiger partial charge in [0.2, 0.25) is 5.91 Å². The first-order valence-electron chi connectivity index (χ1n) is 9.95. The Kier molecular flexibility index (Phi) is 5.82. The van der Waals surface area contributed by atoms with Gasteiger partial charge in [-0.15, -0.1) is 0 Å². The summed E-state index contributed by atoms with van der Waals surface area (Å²) >= 11 is 0. The highest BCUT2D eigenvalue weighted by Gasteiger charge is 2.52. The first-order chi connectivity index (χ1) is 13.0. The lowest BCUT2D eigenvalue weighted by Crippen LogP contribution is -2.47. The van der Waals surface area contributed by atoms with Crippen molar-refractivity contribution in [2.45, 2.75) is 51.5 Å². The van der Waals surface area contributed by atoms with E-state index >= 15 is 0 Å².